The minimum absolute atomic E-state index is 0.0406. The van der Waals surface area contributed by atoms with Crippen molar-refractivity contribution in [1.82, 2.24) is 10.2 Å². The molecule has 2 heterocycles. The second-order valence-electron chi connectivity index (χ2n) is 7.87. The van der Waals surface area contributed by atoms with Gasteiger partial charge in [-0.2, -0.15) is 17.6 Å². The molecule has 1 amide bonds. The molecule has 3 atom stereocenters. The highest BCUT2D eigenvalue weighted by Gasteiger charge is 2.58. The van der Waals surface area contributed by atoms with Gasteiger partial charge in [0.2, 0.25) is 5.91 Å². The Morgan fingerprint density at radius 1 is 1.12 bits per heavy atom. The maximum absolute atomic E-state index is 16.2. The molecule has 4 rings (SSSR count). The number of benzene rings is 2. The van der Waals surface area contributed by atoms with Crippen molar-refractivity contribution >= 4 is 5.91 Å². The highest BCUT2D eigenvalue weighted by atomic mass is 19.4. The lowest BCUT2D eigenvalue weighted by atomic mass is 9.98. The Morgan fingerprint density at radius 3 is 2.42 bits per heavy atom. The molecule has 0 bridgehead atoms. The van der Waals surface area contributed by atoms with Gasteiger partial charge in [-0.05, 0) is 28.8 Å². The van der Waals surface area contributed by atoms with Gasteiger partial charge >= 0.3 is 12.2 Å². The normalized spacial score (nSPS) is 26.2. The second kappa shape index (κ2) is 9.20. The number of alkyl halides is 4. The van der Waals surface area contributed by atoms with Crippen molar-refractivity contribution in [2.24, 2.45) is 0 Å². The molecule has 1 N–H and O–H groups in total. The van der Waals surface area contributed by atoms with Crippen LogP contribution in [0.3, 0.4) is 0 Å². The third kappa shape index (κ3) is 5.23. The topological polar surface area (TPSA) is 50.8 Å². The highest BCUT2D eigenvalue weighted by Crippen LogP contribution is 2.46. The van der Waals surface area contributed by atoms with Crippen molar-refractivity contribution in [3.05, 3.63) is 83.2 Å². The Morgan fingerprint density at radius 2 is 1.82 bits per heavy atom. The summed E-state index contributed by atoms with van der Waals surface area (Å²) in [6, 6.07) is 6.17. The average molecular weight is 468 g/mol. The number of ether oxygens (including phenoxy) is 2. The van der Waals surface area contributed by atoms with Crippen molar-refractivity contribution in [2.75, 3.05) is 19.7 Å². The fourth-order valence-corrected chi connectivity index (χ4v) is 3.97. The van der Waals surface area contributed by atoms with Gasteiger partial charge in [-0.25, -0.2) is 4.39 Å². The number of nitrogens with zero attached hydrogens (tertiary/aromatic N) is 1. The molecule has 0 spiro atoms. The average Bonchev–Trinajstić information content (AvgIpc) is 3.18. The van der Waals surface area contributed by atoms with E-state index in [0.717, 1.165) is 17.0 Å². The van der Waals surface area contributed by atoms with Crippen LogP contribution in [0, 0.1) is 5.82 Å². The van der Waals surface area contributed by atoms with E-state index in [1.165, 1.54) is 18.2 Å². The van der Waals surface area contributed by atoms with Gasteiger partial charge in [0.1, 0.15) is 17.9 Å². The summed E-state index contributed by atoms with van der Waals surface area (Å²) < 4.78 is 82.1. The number of carbonyl (C=O) groups is 1. The summed E-state index contributed by atoms with van der Waals surface area (Å²) in [6.07, 6.45) is -3.56. The van der Waals surface area contributed by atoms with E-state index >= 15 is 4.39 Å². The van der Waals surface area contributed by atoms with E-state index in [1.807, 2.05) is 0 Å². The van der Waals surface area contributed by atoms with Crippen LogP contribution >= 0.6 is 0 Å². The predicted molar refractivity (Wildman–Crippen MR) is 108 cm³/mol. The minimum atomic E-state index is -4.75. The highest BCUT2D eigenvalue weighted by molar-refractivity contribution is 5.91. The summed E-state index contributed by atoms with van der Waals surface area (Å²) in [5.74, 6) is -1.07. The van der Waals surface area contributed by atoms with Crippen LogP contribution in [-0.2, 0) is 20.9 Å². The monoisotopic (exact) mass is 468 g/mol. The zero-order chi connectivity index (χ0) is 23.6. The van der Waals surface area contributed by atoms with Crippen LogP contribution in [0.25, 0.3) is 0 Å². The SMILES string of the molecule is O=C1C=C(CN2C(C(F)(F)F)CO[C@@](F)(OCc3ccccc3)[C@@H]2c2ccc(F)cc2)CN1. The van der Waals surface area contributed by atoms with Crippen LogP contribution in [0.1, 0.15) is 17.2 Å². The van der Waals surface area contributed by atoms with Gasteiger partial charge < -0.3 is 14.8 Å². The first kappa shape index (κ1) is 23.3. The van der Waals surface area contributed by atoms with Gasteiger partial charge in [0.25, 0.3) is 0 Å². The third-order valence-electron chi connectivity index (χ3n) is 5.55. The summed E-state index contributed by atoms with van der Waals surface area (Å²) >= 11 is 0. The molecule has 33 heavy (non-hydrogen) atoms. The Labute approximate surface area is 186 Å². The van der Waals surface area contributed by atoms with Gasteiger partial charge in [0.15, 0.2) is 0 Å². The molecule has 2 aliphatic rings. The van der Waals surface area contributed by atoms with Crippen LogP contribution in [0.2, 0.25) is 0 Å². The molecule has 5 nitrogen and oxygen atoms in total. The van der Waals surface area contributed by atoms with Crippen molar-refractivity contribution in [3.8, 4) is 0 Å². The summed E-state index contributed by atoms with van der Waals surface area (Å²) in [5, 5.41) is 2.50. The van der Waals surface area contributed by atoms with E-state index in [2.05, 4.69) is 5.32 Å². The van der Waals surface area contributed by atoms with E-state index in [4.69, 9.17) is 9.47 Å². The van der Waals surface area contributed by atoms with E-state index in [9.17, 15) is 22.4 Å². The Kier molecular flexibility index (Phi) is 6.51. The van der Waals surface area contributed by atoms with Gasteiger partial charge in [-0.1, -0.05) is 42.5 Å². The maximum atomic E-state index is 16.2. The molecular formula is C23H21F5N2O3. The molecular weight excluding hydrogens is 447 g/mol. The first-order chi connectivity index (χ1) is 15.7. The van der Waals surface area contributed by atoms with Crippen LogP contribution in [0.15, 0.2) is 66.2 Å². The zero-order valence-corrected chi connectivity index (χ0v) is 17.3. The molecule has 1 fully saturated rings. The lowest BCUT2D eigenvalue weighted by Gasteiger charge is -2.48. The molecule has 1 unspecified atom stereocenters. The van der Waals surface area contributed by atoms with E-state index in [0.29, 0.717) is 11.1 Å². The molecule has 2 aliphatic heterocycles. The molecule has 2 aromatic rings. The lowest BCUT2D eigenvalue weighted by Crippen LogP contribution is -2.62. The van der Waals surface area contributed by atoms with Crippen molar-refractivity contribution in [3.63, 3.8) is 0 Å². The molecule has 0 aliphatic carbocycles. The number of carbonyl (C=O) groups excluding carboxylic acids is 1. The first-order valence-corrected chi connectivity index (χ1v) is 10.2. The van der Waals surface area contributed by atoms with Gasteiger partial charge in [-0.3, -0.25) is 9.69 Å². The molecule has 2 aromatic carbocycles. The lowest BCUT2D eigenvalue weighted by molar-refractivity contribution is -0.394. The summed E-state index contributed by atoms with van der Waals surface area (Å²) in [4.78, 5) is 12.4. The number of nitrogens with one attached hydrogen (secondary N) is 1. The summed E-state index contributed by atoms with van der Waals surface area (Å²) in [5.41, 5.74) is 0.987. The standard InChI is InChI=1S/C23H21F5N2O3/c24-18-8-6-17(7-9-18)21-23(28,32-13-15-4-2-1-3-5-15)33-14-19(22(25,26)27)30(21)12-16-10-20(31)29-11-16/h1-10,19,21H,11-14H2,(H,29,31)/t19?,21-,23-/m0/s1. The van der Waals surface area contributed by atoms with Crippen molar-refractivity contribution in [1.29, 1.82) is 0 Å². The molecule has 1 saturated heterocycles. The molecule has 0 radical (unpaired) electrons. The van der Waals surface area contributed by atoms with Crippen LogP contribution in [-0.4, -0.2) is 48.8 Å². The Bertz CT molecular complexity index is 1010. The maximum Gasteiger partial charge on any atom is 0.406 e. The van der Waals surface area contributed by atoms with E-state index in [1.54, 1.807) is 30.3 Å². The predicted octanol–water partition coefficient (Wildman–Crippen LogP) is 4.03. The number of hydrogen-bond acceptors (Lipinski definition) is 4. The van der Waals surface area contributed by atoms with Crippen LogP contribution < -0.4 is 5.32 Å². The first-order valence-electron chi connectivity index (χ1n) is 10.2. The Hall–Kier alpha value is -2.82. The number of morpholine rings is 1. The fourth-order valence-electron chi connectivity index (χ4n) is 3.97. The molecule has 0 saturated carbocycles. The summed E-state index contributed by atoms with van der Waals surface area (Å²) in [7, 11) is 0. The molecule has 0 aromatic heterocycles. The largest absolute Gasteiger partial charge is 0.406 e. The molecule has 176 valence electrons. The molecule has 10 heteroatoms. The number of rotatable bonds is 6. The van der Waals surface area contributed by atoms with Crippen molar-refractivity contribution in [2.45, 2.75) is 30.9 Å². The third-order valence-corrected chi connectivity index (χ3v) is 5.55. The van der Waals surface area contributed by atoms with Gasteiger partial charge in [0, 0.05) is 19.2 Å². The van der Waals surface area contributed by atoms with Crippen molar-refractivity contribution < 1.29 is 36.2 Å². The fraction of sp³-hybridized carbons (Fsp3) is 0.348. The van der Waals surface area contributed by atoms with Crippen LogP contribution in [0.5, 0.6) is 0 Å². The number of halogens is 5. The number of amides is 1. The van der Waals surface area contributed by atoms with E-state index < -0.39 is 42.6 Å². The summed E-state index contributed by atoms with van der Waals surface area (Å²) in [6.45, 7) is -1.60. The zero-order valence-electron chi connectivity index (χ0n) is 17.3. The quantitative estimate of drug-likeness (QED) is 0.651. The van der Waals surface area contributed by atoms with Gasteiger partial charge in [0.05, 0.1) is 13.2 Å². The van der Waals surface area contributed by atoms with E-state index in [-0.39, 0.29) is 25.3 Å². The number of hydrogen-bond donors (Lipinski definition) is 1. The van der Waals surface area contributed by atoms with Crippen LogP contribution in [0.4, 0.5) is 22.0 Å². The smallest absolute Gasteiger partial charge is 0.349 e. The van der Waals surface area contributed by atoms with Gasteiger partial charge in [-0.15, -0.1) is 0 Å². The Balaban J connectivity index is 1.73. The minimum Gasteiger partial charge on any atom is -0.349 e. The second-order valence-corrected chi connectivity index (χ2v) is 7.87.